The predicted octanol–water partition coefficient (Wildman–Crippen LogP) is 3.44. The number of aryl methyl sites for hydroxylation is 1. The molecule has 0 unspecified atom stereocenters. The van der Waals surface area contributed by atoms with Crippen molar-refractivity contribution in [1.29, 1.82) is 0 Å². The summed E-state index contributed by atoms with van der Waals surface area (Å²) in [5.41, 5.74) is 10.5. The second kappa shape index (κ2) is 7.93. The summed E-state index contributed by atoms with van der Waals surface area (Å²) in [6, 6.07) is 18.3. The van der Waals surface area contributed by atoms with E-state index < -0.39 is 6.04 Å². The van der Waals surface area contributed by atoms with Gasteiger partial charge in [0, 0.05) is 23.9 Å². The molecular formula is C22H22N2O2. The lowest BCUT2D eigenvalue weighted by Crippen LogP contribution is -2.33. The molecule has 4 heteroatoms. The van der Waals surface area contributed by atoms with Crippen molar-refractivity contribution in [3.8, 4) is 16.9 Å². The van der Waals surface area contributed by atoms with Crippen molar-refractivity contribution in [3.05, 3.63) is 83.7 Å². The van der Waals surface area contributed by atoms with E-state index in [0.717, 1.165) is 22.4 Å². The van der Waals surface area contributed by atoms with Crippen molar-refractivity contribution in [1.82, 2.24) is 4.98 Å². The first-order valence-corrected chi connectivity index (χ1v) is 8.60. The Morgan fingerprint density at radius 3 is 2.54 bits per heavy atom. The molecule has 0 fully saturated rings. The van der Waals surface area contributed by atoms with Crippen molar-refractivity contribution in [2.24, 2.45) is 5.73 Å². The van der Waals surface area contributed by atoms with Crippen molar-refractivity contribution in [2.75, 3.05) is 0 Å². The first-order valence-electron chi connectivity index (χ1n) is 8.60. The summed E-state index contributed by atoms with van der Waals surface area (Å²) in [4.78, 5) is 16.7. The number of phenolic OH excluding ortho intramolecular Hbond substituents is 1. The normalized spacial score (nSPS) is 11.9. The lowest BCUT2D eigenvalue weighted by Gasteiger charge is -2.13. The van der Waals surface area contributed by atoms with Crippen LogP contribution in [0.4, 0.5) is 0 Å². The highest BCUT2D eigenvalue weighted by Gasteiger charge is 2.17. The number of phenols is 1. The summed E-state index contributed by atoms with van der Waals surface area (Å²) in [6.45, 7) is 1.93. The van der Waals surface area contributed by atoms with E-state index in [0.29, 0.717) is 12.0 Å². The van der Waals surface area contributed by atoms with Gasteiger partial charge in [-0.05, 0) is 54.3 Å². The fourth-order valence-electron chi connectivity index (χ4n) is 2.93. The third kappa shape index (κ3) is 4.35. The Labute approximate surface area is 153 Å². The van der Waals surface area contributed by atoms with Gasteiger partial charge in [0.05, 0.1) is 6.04 Å². The number of benzene rings is 2. The van der Waals surface area contributed by atoms with E-state index in [2.05, 4.69) is 4.98 Å². The number of Topliss-reactive ketones (excluding diaryl/α,β-unsaturated/α-hetero) is 1. The molecule has 3 rings (SSSR count). The van der Waals surface area contributed by atoms with Crippen LogP contribution in [-0.2, 0) is 17.6 Å². The third-order valence-electron chi connectivity index (χ3n) is 4.39. The minimum atomic E-state index is -0.594. The highest BCUT2D eigenvalue weighted by atomic mass is 16.3. The van der Waals surface area contributed by atoms with Crippen LogP contribution >= 0.6 is 0 Å². The zero-order valence-corrected chi connectivity index (χ0v) is 14.7. The molecule has 3 aromatic rings. The van der Waals surface area contributed by atoms with Gasteiger partial charge in [-0.1, -0.05) is 36.4 Å². The molecule has 0 saturated carbocycles. The molecule has 1 aromatic heterocycles. The highest BCUT2D eigenvalue weighted by molar-refractivity contribution is 5.87. The summed E-state index contributed by atoms with van der Waals surface area (Å²) in [5, 5.41) is 10.2. The number of nitrogens with zero attached hydrogens (tertiary/aromatic N) is 1. The van der Waals surface area contributed by atoms with E-state index in [9.17, 15) is 9.90 Å². The zero-order valence-electron chi connectivity index (χ0n) is 14.7. The Hall–Kier alpha value is -2.98. The SMILES string of the molecule is Cc1cc(-c2ccc(O)c(CC(=O)[C@@H](N)Cc3ccccc3)c2)ccn1. The molecule has 1 heterocycles. The van der Waals surface area contributed by atoms with E-state index in [1.807, 2.05) is 61.5 Å². The largest absolute Gasteiger partial charge is 0.508 e. The molecule has 0 aliphatic heterocycles. The van der Waals surface area contributed by atoms with Gasteiger partial charge >= 0.3 is 0 Å². The van der Waals surface area contributed by atoms with Crippen LogP contribution in [0.2, 0.25) is 0 Å². The van der Waals surface area contributed by atoms with E-state index >= 15 is 0 Å². The van der Waals surface area contributed by atoms with E-state index in [-0.39, 0.29) is 18.0 Å². The van der Waals surface area contributed by atoms with Gasteiger partial charge in [0.1, 0.15) is 5.75 Å². The van der Waals surface area contributed by atoms with Gasteiger partial charge in [-0.3, -0.25) is 9.78 Å². The third-order valence-corrected chi connectivity index (χ3v) is 4.39. The topological polar surface area (TPSA) is 76.2 Å². The van der Waals surface area contributed by atoms with Crippen LogP contribution in [0.25, 0.3) is 11.1 Å². The van der Waals surface area contributed by atoms with Gasteiger partial charge < -0.3 is 10.8 Å². The molecule has 132 valence electrons. The van der Waals surface area contributed by atoms with Crippen LogP contribution in [0.15, 0.2) is 66.9 Å². The smallest absolute Gasteiger partial charge is 0.154 e. The van der Waals surface area contributed by atoms with Gasteiger partial charge in [0.2, 0.25) is 0 Å². The Morgan fingerprint density at radius 2 is 1.81 bits per heavy atom. The maximum absolute atomic E-state index is 12.5. The summed E-state index contributed by atoms with van der Waals surface area (Å²) >= 11 is 0. The van der Waals surface area contributed by atoms with Crippen LogP contribution in [0.3, 0.4) is 0 Å². The number of carbonyl (C=O) groups is 1. The number of aromatic hydroxyl groups is 1. The van der Waals surface area contributed by atoms with Crippen LogP contribution in [0.1, 0.15) is 16.8 Å². The minimum Gasteiger partial charge on any atom is -0.508 e. The van der Waals surface area contributed by atoms with Gasteiger partial charge in [-0.25, -0.2) is 0 Å². The first-order chi connectivity index (χ1) is 12.5. The summed E-state index contributed by atoms with van der Waals surface area (Å²) in [7, 11) is 0. The Bertz CT molecular complexity index is 907. The molecule has 0 radical (unpaired) electrons. The van der Waals surface area contributed by atoms with Crippen molar-refractivity contribution in [3.63, 3.8) is 0 Å². The average molecular weight is 346 g/mol. The van der Waals surface area contributed by atoms with Crippen LogP contribution < -0.4 is 5.73 Å². The predicted molar refractivity (Wildman–Crippen MR) is 103 cm³/mol. The number of rotatable bonds is 6. The molecule has 0 saturated heterocycles. The fourth-order valence-corrected chi connectivity index (χ4v) is 2.93. The number of hydrogen-bond acceptors (Lipinski definition) is 4. The summed E-state index contributed by atoms with van der Waals surface area (Å²) in [6.07, 6.45) is 2.35. The molecule has 26 heavy (non-hydrogen) atoms. The standard InChI is InChI=1S/C22H22N2O2/c1-15-11-18(9-10-24-15)17-7-8-21(25)19(13-17)14-22(26)20(23)12-16-5-3-2-4-6-16/h2-11,13,20,25H,12,14,23H2,1H3/t20-/m0/s1. The molecular weight excluding hydrogens is 324 g/mol. The van der Waals surface area contributed by atoms with E-state index in [1.54, 1.807) is 12.3 Å². The van der Waals surface area contributed by atoms with Crippen LogP contribution in [-0.4, -0.2) is 21.9 Å². The van der Waals surface area contributed by atoms with Crippen molar-refractivity contribution < 1.29 is 9.90 Å². The van der Waals surface area contributed by atoms with Gasteiger partial charge in [0.15, 0.2) is 5.78 Å². The van der Waals surface area contributed by atoms with E-state index in [4.69, 9.17) is 5.73 Å². The molecule has 0 spiro atoms. The number of nitrogens with two attached hydrogens (primary N) is 1. The van der Waals surface area contributed by atoms with Crippen molar-refractivity contribution >= 4 is 5.78 Å². The van der Waals surface area contributed by atoms with Crippen LogP contribution in [0.5, 0.6) is 5.75 Å². The second-order valence-corrected chi connectivity index (χ2v) is 6.47. The maximum Gasteiger partial charge on any atom is 0.154 e. The summed E-state index contributed by atoms with van der Waals surface area (Å²) < 4.78 is 0. The number of aromatic nitrogens is 1. The van der Waals surface area contributed by atoms with E-state index in [1.165, 1.54) is 0 Å². The monoisotopic (exact) mass is 346 g/mol. The maximum atomic E-state index is 12.5. The highest BCUT2D eigenvalue weighted by Crippen LogP contribution is 2.27. The van der Waals surface area contributed by atoms with Crippen LogP contribution in [0, 0.1) is 6.92 Å². The minimum absolute atomic E-state index is 0.0905. The Balaban J connectivity index is 1.76. The average Bonchev–Trinajstić information content (AvgIpc) is 2.64. The fraction of sp³-hybridized carbons (Fsp3) is 0.182. The Kier molecular flexibility index (Phi) is 5.44. The molecule has 4 nitrogen and oxygen atoms in total. The molecule has 3 N–H and O–H groups in total. The molecule has 0 aliphatic carbocycles. The lowest BCUT2D eigenvalue weighted by atomic mass is 9.96. The van der Waals surface area contributed by atoms with Gasteiger partial charge in [0.25, 0.3) is 0 Å². The molecule has 2 aromatic carbocycles. The number of carbonyl (C=O) groups excluding carboxylic acids is 1. The number of pyridine rings is 1. The first kappa shape index (κ1) is 17.8. The number of ketones is 1. The van der Waals surface area contributed by atoms with Crippen molar-refractivity contribution in [2.45, 2.75) is 25.8 Å². The summed E-state index contributed by atoms with van der Waals surface area (Å²) in [5.74, 6) is 0.0204. The Morgan fingerprint density at radius 1 is 1.08 bits per heavy atom. The molecule has 1 atom stereocenters. The number of hydrogen-bond donors (Lipinski definition) is 2. The van der Waals surface area contributed by atoms with Gasteiger partial charge in [-0.2, -0.15) is 0 Å². The molecule has 0 aliphatic rings. The van der Waals surface area contributed by atoms with Gasteiger partial charge in [-0.15, -0.1) is 0 Å². The lowest BCUT2D eigenvalue weighted by molar-refractivity contribution is -0.119. The quantitative estimate of drug-likeness (QED) is 0.717. The zero-order chi connectivity index (χ0) is 18.5. The second-order valence-electron chi connectivity index (χ2n) is 6.47. The molecule has 0 amide bonds. The molecule has 0 bridgehead atoms.